The molecule has 6 heteroatoms. The van der Waals surface area contributed by atoms with E-state index in [1.807, 2.05) is 52.0 Å². The van der Waals surface area contributed by atoms with Gasteiger partial charge in [-0.05, 0) is 50.9 Å². The van der Waals surface area contributed by atoms with Crippen molar-refractivity contribution in [2.75, 3.05) is 12.9 Å². The first-order chi connectivity index (χ1) is 10.2. The summed E-state index contributed by atoms with van der Waals surface area (Å²) >= 11 is 10.6. The molecule has 0 unspecified atom stereocenters. The van der Waals surface area contributed by atoms with Gasteiger partial charge in [-0.1, -0.05) is 23.7 Å². The lowest BCUT2D eigenvalue weighted by atomic mass is 9.78. The van der Waals surface area contributed by atoms with Gasteiger partial charge in [0.05, 0.1) is 23.3 Å². The fourth-order valence-corrected chi connectivity index (χ4v) is 2.68. The lowest BCUT2D eigenvalue weighted by molar-refractivity contribution is 0.00578. The van der Waals surface area contributed by atoms with Gasteiger partial charge in [-0.15, -0.1) is 0 Å². The minimum Gasteiger partial charge on any atom is -0.495 e. The zero-order chi connectivity index (χ0) is 16.5. The van der Waals surface area contributed by atoms with Crippen molar-refractivity contribution in [1.82, 2.24) is 0 Å². The number of halogens is 1. The number of rotatable bonds is 4. The van der Waals surface area contributed by atoms with E-state index in [0.717, 1.165) is 11.0 Å². The Balaban J connectivity index is 2.27. The normalized spacial score (nSPS) is 20.3. The Bertz CT molecular complexity index is 571. The molecular weight excluding hydrogens is 319 g/mol. The highest BCUT2D eigenvalue weighted by Gasteiger charge is 2.52. The predicted molar refractivity (Wildman–Crippen MR) is 95.9 cm³/mol. The van der Waals surface area contributed by atoms with Gasteiger partial charge in [-0.3, -0.25) is 0 Å². The largest absolute Gasteiger partial charge is 0.495 e. The topological polar surface area (TPSA) is 27.7 Å². The molecule has 1 heterocycles. The van der Waals surface area contributed by atoms with Crippen LogP contribution in [0.5, 0.6) is 5.75 Å². The molecule has 1 aromatic rings. The number of ether oxygens (including phenoxy) is 1. The van der Waals surface area contributed by atoms with Crippen LogP contribution in [-0.4, -0.2) is 31.2 Å². The third-order valence-corrected chi connectivity index (χ3v) is 4.93. The summed E-state index contributed by atoms with van der Waals surface area (Å²) in [5.74, 6) is 1.20. The minimum absolute atomic E-state index is 0.364. The zero-order valence-corrected chi connectivity index (χ0v) is 15.3. The molecule has 1 saturated heterocycles. The number of thiol groups is 1. The van der Waals surface area contributed by atoms with Gasteiger partial charge >= 0.3 is 7.12 Å². The van der Waals surface area contributed by atoms with Crippen molar-refractivity contribution in [3.8, 4) is 5.75 Å². The van der Waals surface area contributed by atoms with E-state index in [0.29, 0.717) is 16.5 Å². The maximum atomic E-state index is 6.17. The Morgan fingerprint density at radius 2 is 1.86 bits per heavy atom. The summed E-state index contributed by atoms with van der Waals surface area (Å²) in [7, 11) is 1.20. The molecule has 1 aliphatic heterocycles. The van der Waals surface area contributed by atoms with Crippen molar-refractivity contribution in [3.63, 3.8) is 0 Å². The molecule has 0 radical (unpaired) electrons. The Hall–Kier alpha value is -0.615. The Morgan fingerprint density at radius 3 is 2.32 bits per heavy atom. The first kappa shape index (κ1) is 17.7. The van der Waals surface area contributed by atoms with Crippen LogP contribution < -0.4 is 4.74 Å². The summed E-state index contributed by atoms with van der Waals surface area (Å²) in [5, 5.41) is 0.573. The van der Waals surface area contributed by atoms with Crippen LogP contribution in [0.1, 0.15) is 33.3 Å². The Kier molecular flexibility index (Phi) is 5.22. The van der Waals surface area contributed by atoms with E-state index < -0.39 is 7.12 Å². The SMILES string of the molecule is COc1ccc(C=C(CS)B2OC(C)(C)C(C)(C)O2)cc1Cl. The summed E-state index contributed by atoms with van der Waals surface area (Å²) < 4.78 is 17.3. The van der Waals surface area contributed by atoms with Crippen LogP contribution in [0.15, 0.2) is 23.7 Å². The van der Waals surface area contributed by atoms with E-state index >= 15 is 0 Å². The smallest absolute Gasteiger partial charge is 0.491 e. The van der Waals surface area contributed by atoms with E-state index in [-0.39, 0.29) is 11.2 Å². The van der Waals surface area contributed by atoms with Gasteiger partial charge < -0.3 is 14.0 Å². The number of benzene rings is 1. The lowest BCUT2D eigenvalue weighted by Gasteiger charge is -2.32. The van der Waals surface area contributed by atoms with Crippen LogP contribution in [0, 0.1) is 0 Å². The molecule has 22 heavy (non-hydrogen) atoms. The molecular formula is C16H22BClO3S. The lowest BCUT2D eigenvalue weighted by Crippen LogP contribution is -2.41. The van der Waals surface area contributed by atoms with Crippen molar-refractivity contribution in [2.45, 2.75) is 38.9 Å². The molecule has 120 valence electrons. The molecule has 0 aliphatic carbocycles. The van der Waals surface area contributed by atoms with Crippen molar-refractivity contribution in [3.05, 3.63) is 34.3 Å². The van der Waals surface area contributed by atoms with E-state index in [9.17, 15) is 0 Å². The monoisotopic (exact) mass is 340 g/mol. The highest BCUT2D eigenvalue weighted by atomic mass is 35.5. The van der Waals surface area contributed by atoms with E-state index in [4.69, 9.17) is 25.6 Å². The van der Waals surface area contributed by atoms with Crippen LogP contribution in [0.2, 0.25) is 5.02 Å². The fourth-order valence-electron chi connectivity index (χ4n) is 2.17. The quantitative estimate of drug-likeness (QED) is 0.654. The third-order valence-electron chi connectivity index (χ3n) is 4.27. The predicted octanol–water partition coefficient (Wildman–Crippen LogP) is 4.29. The van der Waals surface area contributed by atoms with Crippen molar-refractivity contribution in [2.24, 2.45) is 0 Å². The average molecular weight is 341 g/mol. The van der Waals surface area contributed by atoms with Crippen LogP contribution in [0.3, 0.4) is 0 Å². The molecule has 2 rings (SSSR count). The van der Waals surface area contributed by atoms with E-state index in [1.54, 1.807) is 7.11 Å². The van der Waals surface area contributed by atoms with Crippen LogP contribution in [-0.2, 0) is 9.31 Å². The second kappa shape index (κ2) is 6.48. The van der Waals surface area contributed by atoms with Gasteiger partial charge in [-0.25, -0.2) is 0 Å². The molecule has 0 saturated carbocycles. The second-order valence-corrected chi connectivity index (χ2v) is 7.08. The van der Waals surface area contributed by atoms with E-state index in [2.05, 4.69) is 12.6 Å². The summed E-state index contributed by atoms with van der Waals surface area (Å²) in [5.41, 5.74) is 1.20. The highest BCUT2D eigenvalue weighted by molar-refractivity contribution is 7.80. The van der Waals surface area contributed by atoms with Gasteiger partial charge in [0.15, 0.2) is 0 Å². The van der Waals surface area contributed by atoms with Crippen molar-refractivity contribution < 1.29 is 14.0 Å². The van der Waals surface area contributed by atoms with Gasteiger partial charge in [-0.2, -0.15) is 12.6 Å². The first-order valence-electron chi connectivity index (χ1n) is 7.20. The maximum absolute atomic E-state index is 6.17. The molecule has 0 aromatic heterocycles. The molecule has 0 spiro atoms. The summed E-state index contributed by atoms with van der Waals surface area (Å²) in [6.07, 6.45) is 2.00. The summed E-state index contributed by atoms with van der Waals surface area (Å²) in [6, 6.07) is 5.64. The molecule has 1 aromatic carbocycles. The molecule has 0 N–H and O–H groups in total. The molecule has 0 atom stereocenters. The summed E-state index contributed by atoms with van der Waals surface area (Å²) in [4.78, 5) is 0. The third kappa shape index (κ3) is 3.48. The molecule has 3 nitrogen and oxygen atoms in total. The summed E-state index contributed by atoms with van der Waals surface area (Å²) in [6.45, 7) is 8.14. The number of hydrogen-bond donors (Lipinski definition) is 1. The first-order valence-corrected chi connectivity index (χ1v) is 8.22. The van der Waals surface area contributed by atoms with Crippen molar-refractivity contribution >= 4 is 37.4 Å². The minimum atomic E-state index is -0.400. The Morgan fingerprint density at radius 1 is 1.27 bits per heavy atom. The number of methoxy groups -OCH3 is 1. The standard InChI is InChI=1S/C16H22BClO3S/c1-15(2)16(3,4)21-17(20-15)12(10-22)8-11-6-7-14(19-5)13(18)9-11/h6-9,22H,10H2,1-5H3. The molecule has 0 amide bonds. The highest BCUT2D eigenvalue weighted by Crippen LogP contribution is 2.39. The van der Waals surface area contributed by atoms with E-state index in [1.165, 1.54) is 0 Å². The van der Waals surface area contributed by atoms with Gasteiger partial charge in [0, 0.05) is 5.75 Å². The van der Waals surface area contributed by atoms with Gasteiger partial charge in [0.2, 0.25) is 0 Å². The van der Waals surface area contributed by atoms with Crippen LogP contribution in [0.4, 0.5) is 0 Å². The Labute approximate surface area is 143 Å². The zero-order valence-electron chi connectivity index (χ0n) is 13.6. The average Bonchev–Trinajstić information content (AvgIpc) is 2.65. The fraction of sp³-hybridized carbons (Fsp3) is 0.500. The maximum Gasteiger partial charge on any atom is 0.491 e. The van der Waals surface area contributed by atoms with Crippen LogP contribution >= 0.6 is 24.2 Å². The van der Waals surface area contributed by atoms with Crippen LogP contribution in [0.25, 0.3) is 6.08 Å². The second-order valence-electron chi connectivity index (χ2n) is 6.36. The van der Waals surface area contributed by atoms with Gasteiger partial charge in [0.25, 0.3) is 0 Å². The molecule has 0 bridgehead atoms. The van der Waals surface area contributed by atoms with Gasteiger partial charge in [0.1, 0.15) is 5.75 Å². The molecule has 1 fully saturated rings. The van der Waals surface area contributed by atoms with Crippen molar-refractivity contribution in [1.29, 1.82) is 0 Å². The number of hydrogen-bond acceptors (Lipinski definition) is 4. The molecule has 1 aliphatic rings.